The van der Waals surface area contributed by atoms with E-state index in [1.165, 1.54) is 24.1 Å². The topological polar surface area (TPSA) is 86.8 Å². The van der Waals surface area contributed by atoms with Gasteiger partial charge in [-0.2, -0.15) is 0 Å². The number of anilines is 1. The Balaban J connectivity index is 2.27. The molecule has 0 heterocycles. The summed E-state index contributed by atoms with van der Waals surface area (Å²) in [5, 5.41) is 3.00. The van der Waals surface area contributed by atoms with E-state index in [9.17, 15) is 18.0 Å². The number of sulfonamides is 1. The van der Waals surface area contributed by atoms with E-state index in [0.29, 0.717) is 17.1 Å². The van der Waals surface area contributed by atoms with E-state index in [0.717, 1.165) is 16.1 Å². The first kappa shape index (κ1) is 23.7. The minimum atomic E-state index is -3.74. The molecule has 0 aromatic heterocycles. The first-order chi connectivity index (χ1) is 14.1. The van der Waals surface area contributed by atoms with Crippen molar-refractivity contribution in [2.75, 3.05) is 30.7 Å². The minimum absolute atomic E-state index is 0.273. The summed E-state index contributed by atoms with van der Waals surface area (Å²) < 4.78 is 25.7. The largest absolute Gasteiger partial charge is 0.357 e. The van der Waals surface area contributed by atoms with E-state index in [1.807, 2.05) is 30.3 Å². The highest BCUT2D eigenvalue weighted by molar-refractivity contribution is 7.92. The van der Waals surface area contributed by atoms with Crippen LogP contribution in [0.1, 0.15) is 12.5 Å². The smallest absolute Gasteiger partial charge is 0.244 e. The molecule has 2 rings (SSSR count). The van der Waals surface area contributed by atoms with Crippen LogP contribution in [-0.4, -0.2) is 57.6 Å². The molecule has 1 atom stereocenters. The molecule has 0 bridgehead atoms. The van der Waals surface area contributed by atoms with Crippen LogP contribution >= 0.6 is 11.6 Å². The second-order valence-electron chi connectivity index (χ2n) is 6.86. The van der Waals surface area contributed by atoms with Gasteiger partial charge >= 0.3 is 0 Å². The molecule has 0 aliphatic heterocycles. The molecule has 0 spiro atoms. The van der Waals surface area contributed by atoms with Crippen LogP contribution in [0.15, 0.2) is 54.6 Å². The van der Waals surface area contributed by atoms with Gasteiger partial charge in [-0.1, -0.05) is 41.9 Å². The molecule has 0 saturated heterocycles. The lowest BCUT2D eigenvalue weighted by molar-refractivity contribution is -0.138. The molecule has 0 saturated carbocycles. The van der Waals surface area contributed by atoms with Crippen molar-refractivity contribution in [2.45, 2.75) is 19.4 Å². The van der Waals surface area contributed by atoms with Crippen LogP contribution in [0.25, 0.3) is 0 Å². The third-order valence-corrected chi connectivity index (χ3v) is 6.08. The highest BCUT2D eigenvalue weighted by atomic mass is 35.5. The van der Waals surface area contributed by atoms with Gasteiger partial charge in [0.25, 0.3) is 0 Å². The summed E-state index contributed by atoms with van der Waals surface area (Å²) in [6.45, 7) is 1.47. The van der Waals surface area contributed by atoms with Gasteiger partial charge < -0.3 is 10.2 Å². The number of rotatable bonds is 9. The normalized spacial score (nSPS) is 12.1. The molecule has 0 unspecified atom stereocenters. The number of halogens is 1. The second-order valence-corrected chi connectivity index (χ2v) is 9.20. The van der Waals surface area contributed by atoms with Gasteiger partial charge in [0, 0.05) is 18.6 Å². The second kappa shape index (κ2) is 10.4. The van der Waals surface area contributed by atoms with Crippen molar-refractivity contribution >= 4 is 39.1 Å². The maximum atomic E-state index is 13.1. The summed E-state index contributed by atoms with van der Waals surface area (Å²) in [5.41, 5.74) is 1.34. The van der Waals surface area contributed by atoms with Crippen LogP contribution in [0.3, 0.4) is 0 Å². The molecule has 2 aromatic rings. The maximum Gasteiger partial charge on any atom is 0.244 e. The van der Waals surface area contributed by atoms with Crippen molar-refractivity contribution in [2.24, 2.45) is 0 Å². The first-order valence-electron chi connectivity index (χ1n) is 9.41. The Morgan fingerprint density at radius 3 is 2.20 bits per heavy atom. The molecule has 2 amide bonds. The zero-order valence-electron chi connectivity index (χ0n) is 17.2. The molecule has 9 heteroatoms. The predicted octanol–water partition coefficient (Wildman–Crippen LogP) is 2.31. The zero-order chi connectivity index (χ0) is 22.3. The lowest BCUT2D eigenvalue weighted by Crippen LogP contribution is -2.51. The number of hydrogen-bond acceptors (Lipinski definition) is 4. The lowest BCUT2D eigenvalue weighted by atomic mass is 10.1. The molecule has 0 fully saturated rings. The third-order valence-electron chi connectivity index (χ3n) is 4.69. The number of amides is 2. The summed E-state index contributed by atoms with van der Waals surface area (Å²) in [7, 11) is -2.24. The van der Waals surface area contributed by atoms with Crippen molar-refractivity contribution in [3.63, 3.8) is 0 Å². The summed E-state index contributed by atoms with van der Waals surface area (Å²) in [6.07, 6.45) is 1.57. The van der Waals surface area contributed by atoms with Crippen molar-refractivity contribution in [1.29, 1.82) is 0 Å². The van der Waals surface area contributed by atoms with Gasteiger partial charge in [-0.25, -0.2) is 8.42 Å². The highest BCUT2D eigenvalue weighted by Gasteiger charge is 2.29. The van der Waals surface area contributed by atoms with Crippen LogP contribution in [0.2, 0.25) is 5.02 Å². The Kier molecular flexibility index (Phi) is 8.25. The average Bonchev–Trinajstić information content (AvgIpc) is 2.72. The number of benzene rings is 2. The fraction of sp³-hybridized carbons (Fsp3) is 0.333. The van der Waals surface area contributed by atoms with Crippen LogP contribution in [0, 0.1) is 0 Å². The maximum absolute atomic E-state index is 13.1. The molecule has 0 radical (unpaired) electrons. The summed E-state index contributed by atoms with van der Waals surface area (Å²) in [4.78, 5) is 26.7. The lowest BCUT2D eigenvalue weighted by Gasteiger charge is -2.31. The SMILES string of the molecule is CNC(=O)[C@H](C)N(CCc1ccccc1)C(=O)CN(c1ccc(Cl)cc1)S(C)(=O)=O. The van der Waals surface area contributed by atoms with Crippen LogP contribution in [0.4, 0.5) is 5.69 Å². The van der Waals surface area contributed by atoms with Crippen molar-refractivity contribution in [1.82, 2.24) is 10.2 Å². The third kappa shape index (κ3) is 6.47. The van der Waals surface area contributed by atoms with E-state index < -0.39 is 28.5 Å². The molecule has 1 N–H and O–H groups in total. The van der Waals surface area contributed by atoms with Gasteiger partial charge in [0.2, 0.25) is 21.8 Å². The standard InChI is InChI=1S/C21H26ClN3O4S/c1-16(21(27)23-2)24(14-13-17-7-5-4-6-8-17)20(26)15-25(30(3,28)29)19-11-9-18(22)10-12-19/h4-12,16H,13-15H2,1-3H3,(H,23,27)/t16-/m0/s1. The Labute approximate surface area is 182 Å². The van der Waals surface area contributed by atoms with Crippen LogP contribution in [-0.2, 0) is 26.0 Å². The van der Waals surface area contributed by atoms with Gasteiger partial charge in [-0.3, -0.25) is 13.9 Å². The Bertz CT molecular complexity index is 966. The molecule has 0 aliphatic carbocycles. The Hall–Kier alpha value is -2.58. The number of hydrogen-bond donors (Lipinski definition) is 1. The van der Waals surface area contributed by atoms with Crippen molar-refractivity contribution in [3.05, 3.63) is 65.2 Å². The van der Waals surface area contributed by atoms with Gasteiger partial charge in [-0.05, 0) is 43.2 Å². The number of carbonyl (C=O) groups excluding carboxylic acids is 2. The van der Waals surface area contributed by atoms with Crippen LogP contribution in [0.5, 0.6) is 0 Å². The first-order valence-corrected chi connectivity index (χ1v) is 11.6. The van der Waals surface area contributed by atoms with E-state index >= 15 is 0 Å². The van der Waals surface area contributed by atoms with E-state index in [2.05, 4.69) is 5.32 Å². The number of nitrogens with one attached hydrogen (secondary N) is 1. The molecule has 7 nitrogen and oxygen atoms in total. The summed E-state index contributed by atoms with van der Waals surface area (Å²) in [6, 6.07) is 15.0. The molecule has 162 valence electrons. The fourth-order valence-corrected chi connectivity index (χ4v) is 3.98. The van der Waals surface area contributed by atoms with E-state index in [1.54, 1.807) is 19.1 Å². The molecular formula is C21H26ClN3O4S. The Morgan fingerprint density at radius 2 is 1.67 bits per heavy atom. The molecule has 30 heavy (non-hydrogen) atoms. The summed E-state index contributed by atoms with van der Waals surface area (Å²) >= 11 is 5.89. The summed E-state index contributed by atoms with van der Waals surface area (Å²) in [5.74, 6) is -0.795. The number of nitrogens with zero attached hydrogens (tertiary/aromatic N) is 2. The molecular weight excluding hydrogens is 426 g/mol. The molecule has 0 aliphatic rings. The van der Waals surface area contributed by atoms with Crippen molar-refractivity contribution in [3.8, 4) is 0 Å². The predicted molar refractivity (Wildman–Crippen MR) is 119 cm³/mol. The van der Waals surface area contributed by atoms with Crippen LogP contribution < -0.4 is 9.62 Å². The number of carbonyl (C=O) groups is 2. The van der Waals surface area contributed by atoms with E-state index in [-0.39, 0.29) is 12.5 Å². The quantitative estimate of drug-likeness (QED) is 0.633. The highest BCUT2D eigenvalue weighted by Crippen LogP contribution is 2.21. The monoisotopic (exact) mass is 451 g/mol. The fourth-order valence-electron chi connectivity index (χ4n) is 3.00. The molecule has 2 aromatic carbocycles. The van der Waals surface area contributed by atoms with Gasteiger partial charge in [0.1, 0.15) is 12.6 Å². The van der Waals surface area contributed by atoms with Crippen molar-refractivity contribution < 1.29 is 18.0 Å². The Morgan fingerprint density at radius 1 is 1.07 bits per heavy atom. The van der Waals surface area contributed by atoms with E-state index in [4.69, 9.17) is 11.6 Å². The van der Waals surface area contributed by atoms with Gasteiger partial charge in [-0.15, -0.1) is 0 Å². The zero-order valence-corrected chi connectivity index (χ0v) is 18.8. The minimum Gasteiger partial charge on any atom is -0.357 e. The number of likely N-dealkylation sites (N-methyl/N-ethyl adjacent to an activating group) is 1. The van der Waals surface area contributed by atoms with Gasteiger partial charge in [0.05, 0.1) is 11.9 Å². The van der Waals surface area contributed by atoms with Gasteiger partial charge in [0.15, 0.2) is 0 Å². The average molecular weight is 452 g/mol.